The molecule has 0 aromatic heterocycles. The molecule has 1 aliphatic heterocycles. The summed E-state index contributed by atoms with van der Waals surface area (Å²) in [7, 11) is 0. The highest BCUT2D eigenvalue weighted by molar-refractivity contribution is 5.76. The summed E-state index contributed by atoms with van der Waals surface area (Å²) in [6.45, 7) is 7.60. The first-order valence-electron chi connectivity index (χ1n) is 10.0. The molecule has 1 fully saturated rings. The van der Waals surface area contributed by atoms with Crippen LogP contribution in [0.5, 0.6) is 0 Å². The Kier molecular flexibility index (Phi) is 5.08. The monoisotopic (exact) mass is 368 g/mol. The highest BCUT2D eigenvalue weighted by Gasteiger charge is 2.65. The first kappa shape index (κ1) is 18.6. The minimum atomic E-state index is -1.12. The molecule has 0 N–H and O–H groups in total. The molecule has 3 unspecified atom stereocenters. The van der Waals surface area contributed by atoms with Crippen molar-refractivity contribution in [2.24, 2.45) is 0 Å². The lowest BCUT2D eigenvalue weighted by Gasteiger charge is -2.56. The third-order valence-electron chi connectivity index (χ3n) is 5.40. The van der Waals surface area contributed by atoms with Crippen molar-refractivity contribution in [3.63, 3.8) is 0 Å². The van der Waals surface area contributed by atoms with Gasteiger partial charge in [0.15, 0.2) is 0 Å². The SMILES string of the molecule is CCCC1COC2(OCC)c3ccccc3-c3ccccc3C2(OCC)O1. The minimum Gasteiger partial charge on any atom is -0.342 e. The molecule has 144 valence electrons. The Morgan fingerprint density at radius 2 is 1.41 bits per heavy atom. The molecule has 2 aromatic carbocycles. The summed E-state index contributed by atoms with van der Waals surface area (Å²) >= 11 is 0. The van der Waals surface area contributed by atoms with Crippen LogP contribution >= 0.6 is 0 Å². The molecule has 4 heteroatoms. The standard InChI is InChI=1S/C23H28O4/c1-4-11-17-16-26-22(24-5-2)20-14-9-7-12-18(20)19-13-8-10-15-21(19)23(22,27-17)25-6-3/h7-10,12-15,17H,4-6,11,16H2,1-3H3. The fourth-order valence-corrected chi connectivity index (χ4v) is 4.45. The summed E-state index contributed by atoms with van der Waals surface area (Å²) in [6.07, 6.45) is 1.91. The molecule has 1 heterocycles. The van der Waals surface area contributed by atoms with Crippen LogP contribution in [0.25, 0.3) is 11.1 Å². The Bertz CT molecular complexity index is 804. The van der Waals surface area contributed by atoms with E-state index in [1.807, 2.05) is 32.0 Å². The second-order valence-electron chi connectivity index (χ2n) is 7.03. The third-order valence-corrected chi connectivity index (χ3v) is 5.40. The molecule has 0 saturated carbocycles. The fourth-order valence-electron chi connectivity index (χ4n) is 4.45. The van der Waals surface area contributed by atoms with Gasteiger partial charge in [-0.05, 0) is 31.4 Å². The van der Waals surface area contributed by atoms with Crippen molar-refractivity contribution in [2.45, 2.75) is 51.3 Å². The Morgan fingerprint density at radius 1 is 0.852 bits per heavy atom. The molecule has 2 aliphatic rings. The summed E-state index contributed by atoms with van der Waals surface area (Å²) in [5, 5.41) is 0. The molecular formula is C23H28O4. The average Bonchev–Trinajstić information content (AvgIpc) is 2.70. The van der Waals surface area contributed by atoms with E-state index in [-0.39, 0.29) is 6.10 Å². The molecule has 0 spiro atoms. The summed E-state index contributed by atoms with van der Waals surface area (Å²) in [5.41, 5.74) is 4.15. The van der Waals surface area contributed by atoms with Crippen LogP contribution in [0.15, 0.2) is 48.5 Å². The van der Waals surface area contributed by atoms with Crippen LogP contribution < -0.4 is 0 Å². The van der Waals surface area contributed by atoms with Gasteiger partial charge in [0.05, 0.1) is 12.7 Å². The number of hydrogen-bond donors (Lipinski definition) is 0. The molecular weight excluding hydrogens is 340 g/mol. The van der Waals surface area contributed by atoms with Crippen molar-refractivity contribution in [3.05, 3.63) is 59.7 Å². The van der Waals surface area contributed by atoms with Crippen molar-refractivity contribution in [1.82, 2.24) is 0 Å². The molecule has 4 nitrogen and oxygen atoms in total. The fraction of sp³-hybridized carbons (Fsp3) is 0.478. The summed E-state index contributed by atoms with van der Waals surface area (Å²) in [4.78, 5) is 0. The van der Waals surface area contributed by atoms with E-state index in [2.05, 4.69) is 37.3 Å². The van der Waals surface area contributed by atoms with Gasteiger partial charge in [-0.15, -0.1) is 0 Å². The van der Waals surface area contributed by atoms with Crippen molar-refractivity contribution in [1.29, 1.82) is 0 Å². The van der Waals surface area contributed by atoms with Crippen LogP contribution in [0.4, 0.5) is 0 Å². The Labute approximate surface area is 161 Å². The van der Waals surface area contributed by atoms with Crippen molar-refractivity contribution < 1.29 is 18.9 Å². The van der Waals surface area contributed by atoms with E-state index in [0.29, 0.717) is 19.8 Å². The topological polar surface area (TPSA) is 36.9 Å². The van der Waals surface area contributed by atoms with Gasteiger partial charge in [0.25, 0.3) is 11.6 Å². The lowest BCUT2D eigenvalue weighted by Crippen LogP contribution is -2.63. The molecule has 2 aromatic rings. The van der Waals surface area contributed by atoms with Crippen LogP contribution in [0.2, 0.25) is 0 Å². The number of benzene rings is 2. The Balaban J connectivity index is 2.00. The van der Waals surface area contributed by atoms with Crippen LogP contribution in [0.1, 0.15) is 44.7 Å². The van der Waals surface area contributed by atoms with Gasteiger partial charge in [0.2, 0.25) is 0 Å². The zero-order chi connectivity index (χ0) is 18.9. The van der Waals surface area contributed by atoms with E-state index >= 15 is 0 Å². The summed E-state index contributed by atoms with van der Waals surface area (Å²) in [6, 6.07) is 16.5. The van der Waals surface area contributed by atoms with E-state index in [0.717, 1.165) is 35.1 Å². The maximum Gasteiger partial charge on any atom is 0.257 e. The molecule has 1 saturated heterocycles. The van der Waals surface area contributed by atoms with E-state index in [1.165, 1.54) is 0 Å². The number of hydrogen-bond acceptors (Lipinski definition) is 4. The molecule has 0 bridgehead atoms. The van der Waals surface area contributed by atoms with Gasteiger partial charge in [-0.1, -0.05) is 61.9 Å². The van der Waals surface area contributed by atoms with E-state index < -0.39 is 11.6 Å². The highest BCUT2D eigenvalue weighted by Crippen LogP contribution is 2.58. The second-order valence-corrected chi connectivity index (χ2v) is 7.03. The molecule has 0 radical (unpaired) electrons. The largest absolute Gasteiger partial charge is 0.342 e. The Morgan fingerprint density at radius 3 is 2.00 bits per heavy atom. The number of rotatable bonds is 6. The lowest BCUT2D eigenvalue weighted by atomic mass is 9.76. The van der Waals surface area contributed by atoms with Gasteiger partial charge in [-0.25, -0.2) is 0 Å². The maximum atomic E-state index is 6.73. The van der Waals surface area contributed by atoms with E-state index in [4.69, 9.17) is 18.9 Å². The zero-order valence-corrected chi connectivity index (χ0v) is 16.4. The van der Waals surface area contributed by atoms with Crippen molar-refractivity contribution >= 4 is 0 Å². The van der Waals surface area contributed by atoms with Crippen molar-refractivity contribution in [2.75, 3.05) is 19.8 Å². The van der Waals surface area contributed by atoms with Crippen LogP contribution in [-0.2, 0) is 30.5 Å². The molecule has 1 aliphatic carbocycles. The average molecular weight is 368 g/mol. The molecule has 3 atom stereocenters. The van der Waals surface area contributed by atoms with Crippen LogP contribution in [0.3, 0.4) is 0 Å². The predicted molar refractivity (Wildman–Crippen MR) is 104 cm³/mol. The van der Waals surface area contributed by atoms with E-state index in [9.17, 15) is 0 Å². The molecule has 0 amide bonds. The van der Waals surface area contributed by atoms with Crippen LogP contribution in [0, 0.1) is 0 Å². The number of ether oxygens (including phenoxy) is 4. The van der Waals surface area contributed by atoms with Gasteiger partial charge in [-0.3, -0.25) is 0 Å². The molecule has 4 rings (SSSR count). The summed E-state index contributed by atoms with van der Waals surface area (Å²) < 4.78 is 26.1. The van der Waals surface area contributed by atoms with Gasteiger partial charge in [-0.2, -0.15) is 0 Å². The van der Waals surface area contributed by atoms with Gasteiger partial charge >= 0.3 is 0 Å². The summed E-state index contributed by atoms with van der Waals surface area (Å²) in [5.74, 6) is -2.24. The smallest absolute Gasteiger partial charge is 0.257 e. The maximum absolute atomic E-state index is 6.73. The van der Waals surface area contributed by atoms with Crippen LogP contribution in [-0.4, -0.2) is 25.9 Å². The molecule has 27 heavy (non-hydrogen) atoms. The lowest BCUT2D eigenvalue weighted by molar-refractivity contribution is -0.471. The van der Waals surface area contributed by atoms with Gasteiger partial charge < -0.3 is 18.9 Å². The minimum absolute atomic E-state index is 0.0338. The second kappa shape index (κ2) is 7.36. The first-order valence-corrected chi connectivity index (χ1v) is 10.0. The van der Waals surface area contributed by atoms with Crippen molar-refractivity contribution in [3.8, 4) is 11.1 Å². The predicted octanol–water partition coefficient (Wildman–Crippen LogP) is 4.96. The Hall–Kier alpha value is -1.72. The normalized spacial score (nSPS) is 28.9. The number of fused-ring (bicyclic) bond motifs is 6. The first-order chi connectivity index (χ1) is 13.2. The van der Waals surface area contributed by atoms with Gasteiger partial charge in [0.1, 0.15) is 0 Å². The van der Waals surface area contributed by atoms with Gasteiger partial charge in [0, 0.05) is 24.3 Å². The third kappa shape index (κ3) is 2.66. The quantitative estimate of drug-likeness (QED) is 0.722. The highest BCUT2D eigenvalue weighted by atomic mass is 16.8. The van der Waals surface area contributed by atoms with E-state index in [1.54, 1.807) is 0 Å². The zero-order valence-electron chi connectivity index (χ0n) is 16.4.